The highest BCUT2D eigenvalue weighted by Gasteiger charge is 2.43. The number of rotatable bonds is 3. The maximum absolute atomic E-state index is 12.0. The molecule has 1 heterocycles. The first-order valence-electron chi connectivity index (χ1n) is 5.71. The standard InChI is InChI=1S/C12H12F3NO3/c13-12(14,15)11(17)19-16-7-6-10(8-16)18-9-4-2-1-3-5-9/h1-5,10H,6-8H2/t10-/m1/s1. The summed E-state index contributed by atoms with van der Waals surface area (Å²) in [7, 11) is 0. The van der Waals surface area contributed by atoms with Crippen LogP contribution in [0, 0.1) is 0 Å². The molecular formula is C12H12F3NO3. The Morgan fingerprint density at radius 3 is 2.58 bits per heavy atom. The van der Waals surface area contributed by atoms with E-state index in [1.54, 1.807) is 24.3 Å². The van der Waals surface area contributed by atoms with Gasteiger partial charge in [0.15, 0.2) is 0 Å². The lowest BCUT2D eigenvalue weighted by molar-refractivity contribution is -0.235. The molecule has 0 unspecified atom stereocenters. The molecule has 0 aromatic heterocycles. The van der Waals surface area contributed by atoms with Crippen molar-refractivity contribution in [2.24, 2.45) is 0 Å². The molecule has 1 atom stereocenters. The van der Waals surface area contributed by atoms with E-state index in [2.05, 4.69) is 4.84 Å². The number of halogens is 3. The van der Waals surface area contributed by atoms with Crippen LogP contribution in [0.3, 0.4) is 0 Å². The van der Waals surface area contributed by atoms with Crippen LogP contribution in [0.25, 0.3) is 0 Å². The van der Waals surface area contributed by atoms with Gasteiger partial charge >= 0.3 is 12.1 Å². The molecule has 1 aromatic carbocycles. The molecule has 0 radical (unpaired) electrons. The van der Waals surface area contributed by atoms with Gasteiger partial charge in [0.25, 0.3) is 0 Å². The zero-order valence-corrected chi connectivity index (χ0v) is 9.89. The summed E-state index contributed by atoms with van der Waals surface area (Å²) in [6, 6.07) is 8.94. The molecule has 1 aliphatic heterocycles. The number of carbonyl (C=O) groups is 1. The van der Waals surface area contributed by atoms with Crippen molar-refractivity contribution in [3.8, 4) is 5.75 Å². The molecule has 104 valence electrons. The molecule has 0 amide bonds. The van der Waals surface area contributed by atoms with Gasteiger partial charge in [0, 0.05) is 13.0 Å². The predicted octanol–water partition coefficient (Wildman–Crippen LogP) is 2.16. The fraction of sp³-hybridized carbons (Fsp3) is 0.417. The number of para-hydroxylation sites is 1. The maximum Gasteiger partial charge on any atom is 0.492 e. The van der Waals surface area contributed by atoms with Crippen molar-refractivity contribution >= 4 is 5.97 Å². The van der Waals surface area contributed by atoms with Gasteiger partial charge in [-0.2, -0.15) is 13.2 Å². The fourth-order valence-corrected chi connectivity index (χ4v) is 1.74. The van der Waals surface area contributed by atoms with Crippen molar-refractivity contribution in [2.75, 3.05) is 13.1 Å². The van der Waals surface area contributed by atoms with Gasteiger partial charge in [-0.3, -0.25) is 0 Å². The van der Waals surface area contributed by atoms with Crippen LogP contribution in [0.1, 0.15) is 6.42 Å². The molecule has 0 aliphatic carbocycles. The number of ether oxygens (including phenoxy) is 1. The Bertz CT molecular complexity index is 436. The molecule has 0 N–H and O–H groups in total. The molecule has 0 spiro atoms. The van der Waals surface area contributed by atoms with E-state index >= 15 is 0 Å². The molecular weight excluding hydrogens is 263 g/mol. The van der Waals surface area contributed by atoms with Crippen LogP contribution in [0.2, 0.25) is 0 Å². The summed E-state index contributed by atoms with van der Waals surface area (Å²) in [5.74, 6) is -1.57. The monoisotopic (exact) mass is 275 g/mol. The van der Waals surface area contributed by atoms with Gasteiger partial charge < -0.3 is 9.57 Å². The van der Waals surface area contributed by atoms with Crippen LogP contribution >= 0.6 is 0 Å². The minimum Gasteiger partial charge on any atom is -0.489 e. The first-order valence-corrected chi connectivity index (χ1v) is 5.71. The van der Waals surface area contributed by atoms with Crippen LogP contribution in [0.4, 0.5) is 13.2 Å². The van der Waals surface area contributed by atoms with Gasteiger partial charge in [-0.15, -0.1) is 5.06 Å². The summed E-state index contributed by atoms with van der Waals surface area (Å²) in [5.41, 5.74) is 0. The third kappa shape index (κ3) is 3.85. The quantitative estimate of drug-likeness (QED) is 0.847. The van der Waals surface area contributed by atoms with E-state index in [1.807, 2.05) is 6.07 Å². The van der Waals surface area contributed by atoms with Gasteiger partial charge in [-0.1, -0.05) is 18.2 Å². The molecule has 1 fully saturated rings. The molecule has 1 saturated heterocycles. The number of benzene rings is 1. The third-order valence-corrected chi connectivity index (χ3v) is 2.60. The molecule has 4 nitrogen and oxygen atoms in total. The molecule has 0 saturated carbocycles. The van der Waals surface area contributed by atoms with E-state index in [4.69, 9.17) is 4.74 Å². The molecule has 2 rings (SSSR count). The first-order chi connectivity index (χ1) is 8.95. The van der Waals surface area contributed by atoms with Crippen LogP contribution in [0.15, 0.2) is 30.3 Å². The summed E-state index contributed by atoms with van der Waals surface area (Å²) < 4.78 is 41.6. The van der Waals surface area contributed by atoms with Gasteiger partial charge in [-0.05, 0) is 12.1 Å². The van der Waals surface area contributed by atoms with Crippen LogP contribution in [-0.4, -0.2) is 36.4 Å². The lowest BCUT2D eigenvalue weighted by atomic mass is 10.3. The van der Waals surface area contributed by atoms with Crippen LogP contribution < -0.4 is 4.74 Å². The highest BCUT2D eigenvalue weighted by atomic mass is 19.4. The van der Waals surface area contributed by atoms with Crippen LogP contribution in [-0.2, 0) is 9.63 Å². The Morgan fingerprint density at radius 1 is 1.26 bits per heavy atom. The summed E-state index contributed by atoms with van der Waals surface area (Å²) in [6.45, 7) is 0.343. The number of hydrogen-bond donors (Lipinski definition) is 0. The summed E-state index contributed by atoms with van der Waals surface area (Å²) in [6.07, 6.45) is -4.76. The van der Waals surface area contributed by atoms with E-state index in [9.17, 15) is 18.0 Å². The van der Waals surface area contributed by atoms with Crippen molar-refractivity contribution < 1.29 is 27.5 Å². The van der Waals surface area contributed by atoms with Gasteiger partial charge in [0.1, 0.15) is 11.9 Å². The van der Waals surface area contributed by atoms with Gasteiger partial charge in [0.2, 0.25) is 0 Å². The Morgan fingerprint density at radius 2 is 1.95 bits per heavy atom. The fourth-order valence-electron chi connectivity index (χ4n) is 1.74. The second-order valence-corrected chi connectivity index (χ2v) is 4.11. The zero-order valence-electron chi connectivity index (χ0n) is 9.89. The van der Waals surface area contributed by atoms with Crippen molar-refractivity contribution in [1.82, 2.24) is 5.06 Å². The topological polar surface area (TPSA) is 38.8 Å². The smallest absolute Gasteiger partial charge is 0.489 e. The second-order valence-electron chi connectivity index (χ2n) is 4.11. The lowest BCUT2D eigenvalue weighted by Crippen LogP contribution is -2.34. The summed E-state index contributed by atoms with van der Waals surface area (Å²) in [5, 5.41) is 0.976. The highest BCUT2D eigenvalue weighted by Crippen LogP contribution is 2.21. The summed E-state index contributed by atoms with van der Waals surface area (Å²) >= 11 is 0. The van der Waals surface area contributed by atoms with Crippen LogP contribution in [0.5, 0.6) is 5.75 Å². The largest absolute Gasteiger partial charge is 0.492 e. The highest BCUT2D eigenvalue weighted by molar-refractivity contribution is 5.75. The third-order valence-electron chi connectivity index (χ3n) is 2.60. The normalized spacial score (nSPS) is 20.3. The Hall–Kier alpha value is -1.76. The number of hydroxylamine groups is 2. The summed E-state index contributed by atoms with van der Waals surface area (Å²) in [4.78, 5) is 14.9. The number of alkyl halides is 3. The molecule has 0 bridgehead atoms. The molecule has 7 heteroatoms. The number of hydrogen-bond acceptors (Lipinski definition) is 4. The lowest BCUT2D eigenvalue weighted by Gasteiger charge is -2.17. The van der Waals surface area contributed by atoms with Crippen molar-refractivity contribution in [3.05, 3.63) is 30.3 Å². The zero-order chi connectivity index (χ0) is 13.9. The SMILES string of the molecule is O=C(ON1CC[C@@H](Oc2ccccc2)C1)C(F)(F)F. The maximum atomic E-state index is 12.0. The van der Waals surface area contributed by atoms with E-state index < -0.39 is 12.1 Å². The van der Waals surface area contributed by atoms with E-state index in [0.717, 1.165) is 5.06 Å². The Balaban J connectivity index is 1.82. The molecule has 1 aliphatic rings. The first kappa shape index (κ1) is 13.7. The minimum absolute atomic E-state index is 0.122. The van der Waals surface area contributed by atoms with Crippen molar-refractivity contribution in [1.29, 1.82) is 0 Å². The minimum atomic E-state index is -4.97. The number of carbonyl (C=O) groups excluding carboxylic acids is 1. The van der Waals surface area contributed by atoms with E-state index in [-0.39, 0.29) is 19.2 Å². The predicted molar refractivity (Wildman–Crippen MR) is 59.2 cm³/mol. The molecule has 19 heavy (non-hydrogen) atoms. The average Bonchev–Trinajstić information content (AvgIpc) is 2.76. The van der Waals surface area contributed by atoms with Gasteiger partial charge in [0.05, 0.1) is 6.54 Å². The average molecular weight is 275 g/mol. The second kappa shape index (κ2) is 5.48. The van der Waals surface area contributed by atoms with Gasteiger partial charge in [-0.25, -0.2) is 4.79 Å². The van der Waals surface area contributed by atoms with Crippen molar-refractivity contribution in [3.63, 3.8) is 0 Å². The van der Waals surface area contributed by atoms with E-state index in [1.165, 1.54) is 0 Å². The molecule has 1 aromatic rings. The number of nitrogens with zero attached hydrogens (tertiary/aromatic N) is 1. The van der Waals surface area contributed by atoms with Crippen molar-refractivity contribution in [2.45, 2.75) is 18.7 Å². The van der Waals surface area contributed by atoms with E-state index in [0.29, 0.717) is 12.2 Å². The Labute approximate surface area is 107 Å². The Kier molecular flexibility index (Phi) is 3.94.